The van der Waals surface area contributed by atoms with Crippen molar-refractivity contribution >= 4 is 5.69 Å². The van der Waals surface area contributed by atoms with Crippen LogP contribution in [-0.4, -0.2) is 20.1 Å². The van der Waals surface area contributed by atoms with Crippen LogP contribution in [0.1, 0.15) is 39.3 Å². The summed E-state index contributed by atoms with van der Waals surface area (Å²) in [6, 6.07) is 5.36. The molecule has 2 nitrogen and oxygen atoms in total. The average Bonchev–Trinajstić information content (AvgIpc) is 2.34. The largest absolute Gasteiger partial charge is 0.371 e. The van der Waals surface area contributed by atoms with Crippen molar-refractivity contribution in [2.75, 3.05) is 25.0 Å². The van der Waals surface area contributed by atoms with Crippen molar-refractivity contribution in [3.8, 4) is 0 Å². The first-order valence-electron chi connectivity index (χ1n) is 6.71. The molecule has 0 heterocycles. The number of hydrogen-bond donors (Lipinski definition) is 1. The normalized spacial score (nSPS) is 12.8. The molecule has 1 N–H and O–H groups in total. The molecule has 3 heteroatoms. The number of nitrogens with one attached hydrogen (secondary N) is 1. The second kappa shape index (κ2) is 6.74. The number of anilines is 1. The molecule has 1 atom stereocenters. The van der Waals surface area contributed by atoms with Gasteiger partial charge in [0.25, 0.3) is 0 Å². The minimum atomic E-state index is -0.128. The summed E-state index contributed by atoms with van der Waals surface area (Å²) in [5.41, 5.74) is 1.77. The summed E-state index contributed by atoms with van der Waals surface area (Å²) >= 11 is 0. The molecule has 0 amide bonds. The van der Waals surface area contributed by atoms with Crippen LogP contribution in [-0.2, 0) is 0 Å². The van der Waals surface area contributed by atoms with Crippen LogP contribution in [0.2, 0.25) is 0 Å². The van der Waals surface area contributed by atoms with E-state index in [0.29, 0.717) is 5.92 Å². The molecule has 1 aromatic carbocycles. The third kappa shape index (κ3) is 3.45. The van der Waals surface area contributed by atoms with Crippen LogP contribution in [0, 0.1) is 11.7 Å². The van der Waals surface area contributed by atoms with Crippen LogP contribution in [0.25, 0.3) is 0 Å². The minimum absolute atomic E-state index is 0.0161. The van der Waals surface area contributed by atoms with Gasteiger partial charge in [0, 0.05) is 30.4 Å². The Morgan fingerprint density at radius 3 is 2.44 bits per heavy atom. The van der Waals surface area contributed by atoms with E-state index in [1.54, 1.807) is 6.07 Å². The van der Waals surface area contributed by atoms with Crippen LogP contribution in [0.5, 0.6) is 0 Å². The predicted molar refractivity (Wildman–Crippen MR) is 76.6 cm³/mol. The molecule has 0 saturated carbocycles. The second-order valence-corrected chi connectivity index (χ2v) is 5.12. The highest BCUT2D eigenvalue weighted by molar-refractivity contribution is 5.55. The molecule has 0 bridgehead atoms. The zero-order valence-electron chi connectivity index (χ0n) is 12.1. The zero-order valence-corrected chi connectivity index (χ0v) is 12.1. The van der Waals surface area contributed by atoms with Crippen molar-refractivity contribution in [2.24, 2.45) is 5.92 Å². The Morgan fingerprint density at radius 1 is 1.28 bits per heavy atom. The van der Waals surface area contributed by atoms with Crippen LogP contribution in [0.3, 0.4) is 0 Å². The first-order chi connectivity index (χ1) is 8.51. The number of benzene rings is 1. The average molecular weight is 252 g/mol. The highest BCUT2D eigenvalue weighted by Crippen LogP contribution is 2.29. The lowest BCUT2D eigenvalue weighted by Gasteiger charge is -2.29. The topological polar surface area (TPSA) is 15.3 Å². The van der Waals surface area contributed by atoms with Gasteiger partial charge in [0.1, 0.15) is 5.82 Å². The van der Waals surface area contributed by atoms with Gasteiger partial charge in [-0.25, -0.2) is 4.39 Å². The van der Waals surface area contributed by atoms with E-state index >= 15 is 0 Å². The fraction of sp³-hybridized carbons (Fsp3) is 0.600. The maximum Gasteiger partial charge on any atom is 0.130 e. The molecule has 0 aliphatic rings. The molecule has 0 spiro atoms. The van der Waals surface area contributed by atoms with Gasteiger partial charge in [0.15, 0.2) is 0 Å². The molecule has 102 valence electrons. The van der Waals surface area contributed by atoms with E-state index in [9.17, 15) is 4.39 Å². The maximum absolute atomic E-state index is 14.1. The fourth-order valence-corrected chi connectivity index (χ4v) is 2.21. The summed E-state index contributed by atoms with van der Waals surface area (Å²) < 4.78 is 14.1. The van der Waals surface area contributed by atoms with Crippen molar-refractivity contribution in [3.63, 3.8) is 0 Å². The monoisotopic (exact) mass is 252 g/mol. The molecular weight excluding hydrogens is 227 g/mol. The van der Waals surface area contributed by atoms with Crippen molar-refractivity contribution in [3.05, 3.63) is 29.6 Å². The lowest BCUT2D eigenvalue weighted by Crippen LogP contribution is -2.29. The number of hydrogen-bond acceptors (Lipinski definition) is 2. The van der Waals surface area contributed by atoms with Crippen LogP contribution in [0.4, 0.5) is 10.1 Å². The molecule has 0 aliphatic heterocycles. The summed E-state index contributed by atoms with van der Waals surface area (Å²) in [6.45, 7) is 10.3. The summed E-state index contributed by atoms with van der Waals surface area (Å²) in [5.74, 6) is 0.433. The Labute approximate surface area is 110 Å². The van der Waals surface area contributed by atoms with Gasteiger partial charge in [-0.2, -0.15) is 0 Å². The zero-order chi connectivity index (χ0) is 13.7. The molecule has 0 fully saturated rings. The van der Waals surface area contributed by atoms with E-state index in [1.807, 2.05) is 20.0 Å². The molecule has 0 saturated heterocycles. The Bertz CT molecular complexity index is 377. The van der Waals surface area contributed by atoms with E-state index in [2.05, 4.69) is 31.0 Å². The van der Waals surface area contributed by atoms with E-state index in [-0.39, 0.29) is 11.9 Å². The van der Waals surface area contributed by atoms with Crippen LogP contribution >= 0.6 is 0 Å². The van der Waals surface area contributed by atoms with Crippen LogP contribution in [0.15, 0.2) is 18.2 Å². The summed E-state index contributed by atoms with van der Waals surface area (Å²) in [6.07, 6.45) is 0. The fourth-order valence-electron chi connectivity index (χ4n) is 2.21. The first-order valence-corrected chi connectivity index (χ1v) is 6.71. The van der Waals surface area contributed by atoms with Gasteiger partial charge in [-0.1, -0.05) is 19.9 Å². The Hall–Kier alpha value is -1.09. The number of nitrogens with zero attached hydrogens (tertiary/aromatic N) is 1. The summed E-state index contributed by atoms with van der Waals surface area (Å²) in [4.78, 5) is 2.25. The molecule has 1 rings (SSSR count). The summed E-state index contributed by atoms with van der Waals surface area (Å²) in [5, 5.41) is 3.13. The highest BCUT2D eigenvalue weighted by atomic mass is 19.1. The standard InChI is InChI=1S/C15H25FN2/c1-6-18(10-11(2)3)14-9-7-8-13(16)15(14)12(4)17-5/h7-9,11-12,17H,6,10H2,1-5H3. The summed E-state index contributed by atoms with van der Waals surface area (Å²) in [7, 11) is 1.86. The third-order valence-corrected chi connectivity index (χ3v) is 3.20. The Balaban J connectivity index is 3.16. The smallest absolute Gasteiger partial charge is 0.130 e. The lowest BCUT2D eigenvalue weighted by atomic mass is 10.0. The van der Waals surface area contributed by atoms with E-state index in [4.69, 9.17) is 0 Å². The van der Waals surface area contributed by atoms with Gasteiger partial charge in [-0.3, -0.25) is 0 Å². The number of halogens is 1. The van der Waals surface area contributed by atoms with Gasteiger partial charge in [0.05, 0.1) is 0 Å². The second-order valence-electron chi connectivity index (χ2n) is 5.12. The minimum Gasteiger partial charge on any atom is -0.371 e. The number of rotatable bonds is 6. The first kappa shape index (κ1) is 15.0. The van der Waals surface area contributed by atoms with E-state index in [1.165, 1.54) is 6.07 Å². The van der Waals surface area contributed by atoms with Crippen molar-refractivity contribution in [1.29, 1.82) is 0 Å². The lowest BCUT2D eigenvalue weighted by molar-refractivity contribution is 0.554. The van der Waals surface area contributed by atoms with Crippen molar-refractivity contribution in [1.82, 2.24) is 5.32 Å². The molecule has 0 aromatic heterocycles. The van der Waals surface area contributed by atoms with Crippen molar-refractivity contribution < 1.29 is 4.39 Å². The molecule has 0 radical (unpaired) electrons. The molecule has 1 aromatic rings. The molecule has 0 aliphatic carbocycles. The highest BCUT2D eigenvalue weighted by Gasteiger charge is 2.18. The molecule has 18 heavy (non-hydrogen) atoms. The van der Waals surface area contributed by atoms with E-state index < -0.39 is 0 Å². The van der Waals surface area contributed by atoms with Gasteiger partial charge in [-0.05, 0) is 38.9 Å². The SMILES string of the molecule is CCN(CC(C)C)c1cccc(F)c1C(C)NC. The molecular formula is C15H25FN2. The Kier molecular flexibility index (Phi) is 5.60. The Morgan fingerprint density at radius 2 is 1.94 bits per heavy atom. The van der Waals surface area contributed by atoms with Gasteiger partial charge in [0.2, 0.25) is 0 Å². The van der Waals surface area contributed by atoms with Gasteiger partial charge in [-0.15, -0.1) is 0 Å². The van der Waals surface area contributed by atoms with Gasteiger partial charge < -0.3 is 10.2 Å². The quantitative estimate of drug-likeness (QED) is 0.832. The maximum atomic E-state index is 14.1. The van der Waals surface area contributed by atoms with Crippen LogP contribution < -0.4 is 10.2 Å². The van der Waals surface area contributed by atoms with E-state index in [0.717, 1.165) is 24.3 Å². The van der Waals surface area contributed by atoms with Gasteiger partial charge >= 0.3 is 0 Å². The third-order valence-electron chi connectivity index (χ3n) is 3.20. The predicted octanol–water partition coefficient (Wildman–Crippen LogP) is 3.59. The molecule has 1 unspecified atom stereocenters. The van der Waals surface area contributed by atoms with Crippen molar-refractivity contribution in [2.45, 2.75) is 33.7 Å².